The molecule has 2 N–H and O–H groups in total. The van der Waals surface area contributed by atoms with Gasteiger partial charge in [-0.25, -0.2) is 4.98 Å². The zero-order valence-corrected chi connectivity index (χ0v) is 19.2. The van der Waals surface area contributed by atoms with E-state index in [1.807, 2.05) is 12.1 Å². The number of esters is 1. The minimum atomic E-state index is -0.512. The van der Waals surface area contributed by atoms with E-state index in [1.165, 1.54) is 18.3 Å². The van der Waals surface area contributed by atoms with Gasteiger partial charge in [-0.3, -0.25) is 19.4 Å². The molecule has 0 aliphatic carbocycles. The van der Waals surface area contributed by atoms with E-state index in [2.05, 4.69) is 39.3 Å². The minimum Gasteiger partial charge on any atom is -0.465 e. The second kappa shape index (κ2) is 11.3. The van der Waals surface area contributed by atoms with Crippen molar-refractivity contribution in [2.24, 2.45) is 0 Å². The number of rotatable bonds is 8. The Morgan fingerprint density at radius 3 is 2.48 bits per heavy atom. The van der Waals surface area contributed by atoms with Gasteiger partial charge in [-0.05, 0) is 45.0 Å². The summed E-state index contributed by atoms with van der Waals surface area (Å²) in [4.78, 5) is 49.0. The molecule has 2 aromatic heterocycles. The lowest BCUT2D eigenvalue weighted by atomic mass is 10.2. The van der Waals surface area contributed by atoms with E-state index in [-0.39, 0.29) is 36.4 Å². The van der Waals surface area contributed by atoms with Crippen molar-refractivity contribution in [1.29, 1.82) is 0 Å². The molecule has 1 aliphatic heterocycles. The van der Waals surface area contributed by atoms with Gasteiger partial charge < -0.3 is 25.2 Å². The van der Waals surface area contributed by atoms with Gasteiger partial charge in [0, 0.05) is 44.6 Å². The van der Waals surface area contributed by atoms with Gasteiger partial charge in [0.15, 0.2) is 5.82 Å². The number of pyridine rings is 2. The third-order valence-electron chi connectivity index (χ3n) is 5.04. The standard InChI is InChI=1S/C23H30N6O4/c1-4-33-20(30)15-26-22(31)17-7-8-19(25-14-17)23(32)29-12-10-28(11-13-29)21-18(27-16(2)3)6-5-9-24-21/h5-9,14,16,27H,4,10-13,15H2,1-3H3,(H,26,31). The summed E-state index contributed by atoms with van der Waals surface area (Å²) in [5.41, 5.74) is 1.51. The normalized spacial score (nSPS) is 13.6. The highest BCUT2D eigenvalue weighted by molar-refractivity contribution is 5.97. The Morgan fingerprint density at radius 1 is 1.09 bits per heavy atom. The highest BCUT2D eigenvalue weighted by atomic mass is 16.5. The van der Waals surface area contributed by atoms with Crippen molar-refractivity contribution in [3.05, 3.63) is 47.9 Å². The van der Waals surface area contributed by atoms with E-state index in [1.54, 1.807) is 18.0 Å². The van der Waals surface area contributed by atoms with Gasteiger partial charge in [-0.15, -0.1) is 0 Å². The molecular formula is C23H30N6O4. The van der Waals surface area contributed by atoms with Crippen molar-refractivity contribution in [2.75, 3.05) is 49.5 Å². The van der Waals surface area contributed by atoms with E-state index in [0.29, 0.717) is 26.2 Å². The van der Waals surface area contributed by atoms with Gasteiger partial charge in [-0.2, -0.15) is 0 Å². The molecule has 3 heterocycles. The van der Waals surface area contributed by atoms with Crippen LogP contribution in [-0.4, -0.2) is 78.0 Å². The summed E-state index contributed by atoms with van der Waals surface area (Å²) in [5.74, 6) is -0.267. The number of carbonyl (C=O) groups is 3. The smallest absolute Gasteiger partial charge is 0.325 e. The Kier molecular flexibility index (Phi) is 8.17. The Hall–Kier alpha value is -3.69. The fraction of sp³-hybridized carbons (Fsp3) is 0.435. The van der Waals surface area contributed by atoms with Crippen molar-refractivity contribution >= 4 is 29.3 Å². The van der Waals surface area contributed by atoms with Crippen molar-refractivity contribution in [3.63, 3.8) is 0 Å². The van der Waals surface area contributed by atoms with Gasteiger partial charge in [0.05, 0.1) is 17.9 Å². The lowest BCUT2D eigenvalue weighted by Crippen LogP contribution is -2.49. The molecule has 0 aromatic carbocycles. The fourth-order valence-corrected chi connectivity index (χ4v) is 3.48. The average molecular weight is 455 g/mol. The van der Waals surface area contributed by atoms with Crippen LogP contribution < -0.4 is 15.5 Å². The molecule has 1 aliphatic rings. The van der Waals surface area contributed by atoms with Crippen molar-refractivity contribution in [2.45, 2.75) is 26.8 Å². The predicted octanol–water partition coefficient (Wildman–Crippen LogP) is 1.55. The molecule has 0 unspecified atom stereocenters. The molecule has 3 rings (SSSR count). The molecule has 33 heavy (non-hydrogen) atoms. The van der Waals surface area contributed by atoms with Crippen LogP contribution in [0.3, 0.4) is 0 Å². The van der Waals surface area contributed by atoms with E-state index in [0.717, 1.165) is 11.5 Å². The predicted molar refractivity (Wildman–Crippen MR) is 124 cm³/mol. The summed E-state index contributed by atoms with van der Waals surface area (Å²) < 4.78 is 4.77. The summed E-state index contributed by atoms with van der Waals surface area (Å²) in [5, 5.41) is 5.88. The molecule has 2 aromatic rings. The van der Waals surface area contributed by atoms with Crippen molar-refractivity contribution < 1.29 is 19.1 Å². The van der Waals surface area contributed by atoms with E-state index in [4.69, 9.17) is 4.74 Å². The van der Waals surface area contributed by atoms with Gasteiger partial charge >= 0.3 is 5.97 Å². The van der Waals surface area contributed by atoms with Crippen LogP contribution in [0.1, 0.15) is 41.6 Å². The second-order valence-corrected chi connectivity index (χ2v) is 7.87. The number of piperazine rings is 1. The molecule has 0 saturated carbocycles. The summed E-state index contributed by atoms with van der Waals surface area (Å²) in [6.45, 7) is 8.28. The van der Waals surface area contributed by atoms with Crippen LogP contribution in [0.2, 0.25) is 0 Å². The van der Waals surface area contributed by atoms with E-state index < -0.39 is 11.9 Å². The highest BCUT2D eigenvalue weighted by Gasteiger charge is 2.25. The number of anilines is 2. The zero-order chi connectivity index (χ0) is 23.8. The lowest BCUT2D eigenvalue weighted by molar-refractivity contribution is -0.141. The quantitative estimate of drug-likeness (QED) is 0.577. The maximum atomic E-state index is 12.9. The monoisotopic (exact) mass is 454 g/mol. The number of nitrogens with zero attached hydrogens (tertiary/aromatic N) is 4. The molecule has 2 amide bonds. The number of hydrogen-bond acceptors (Lipinski definition) is 8. The van der Waals surface area contributed by atoms with Gasteiger partial charge in [0.25, 0.3) is 11.8 Å². The average Bonchev–Trinajstić information content (AvgIpc) is 2.82. The lowest BCUT2D eigenvalue weighted by Gasteiger charge is -2.36. The SMILES string of the molecule is CCOC(=O)CNC(=O)c1ccc(C(=O)N2CCN(c3ncccc3NC(C)C)CC2)nc1. The molecule has 1 saturated heterocycles. The first-order valence-electron chi connectivity index (χ1n) is 11.0. The first-order chi connectivity index (χ1) is 15.9. The maximum Gasteiger partial charge on any atom is 0.325 e. The van der Waals surface area contributed by atoms with Gasteiger partial charge in [0.1, 0.15) is 12.2 Å². The number of ether oxygens (including phenoxy) is 1. The minimum absolute atomic E-state index is 0.185. The Morgan fingerprint density at radius 2 is 1.85 bits per heavy atom. The van der Waals surface area contributed by atoms with Crippen LogP contribution in [0, 0.1) is 0 Å². The summed E-state index contributed by atoms with van der Waals surface area (Å²) in [6.07, 6.45) is 3.11. The third kappa shape index (κ3) is 6.41. The van der Waals surface area contributed by atoms with Crippen molar-refractivity contribution in [3.8, 4) is 0 Å². The molecule has 10 heteroatoms. The first kappa shape index (κ1) is 24.0. The molecule has 0 bridgehead atoms. The third-order valence-corrected chi connectivity index (χ3v) is 5.04. The maximum absolute atomic E-state index is 12.9. The van der Waals surface area contributed by atoms with Crippen LogP contribution >= 0.6 is 0 Å². The Bertz CT molecular complexity index is 971. The van der Waals surface area contributed by atoms with Crippen LogP contribution in [0.5, 0.6) is 0 Å². The van der Waals surface area contributed by atoms with Crippen LogP contribution in [0.15, 0.2) is 36.7 Å². The number of nitrogens with one attached hydrogen (secondary N) is 2. The fourth-order valence-electron chi connectivity index (χ4n) is 3.48. The zero-order valence-electron chi connectivity index (χ0n) is 19.2. The molecular weight excluding hydrogens is 424 g/mol. The molecule has 176 valence electrons. The van der Waals surface area contributed by atoms with Crippen LogP contribution in [0.25, 0.3) is 0 Å². The Labute approximate surface area is 193 Å². The summed E-state index contributed by atoms with van der Waals surface area (Å²) >= 11 is 0. The second-order valence-electron chi connectivity index (χ2n) is 7.87. The van der Waals surface area contributed by atoms with Crippen molar-refractivity contribution in [1.82, 2.24) is 20.2 Å². The molecule has 0 spiro atoms. The number of carbonyl (C=O) groups excluding carboxylic acids is 3. The van der Waals surface area contributed by atoms with E-state index in [9.17, 15) is 14.4 Å². The van der Waals surface area contributed by atoms with Gasteiger partial charge in [0.2, 0.25) is 0 Å². The van der Waals surface area contributed by atoms with Crippen LogP contribution in [0.4, 0.5) is 11.5 Å². The van der Waals surface area contributed by atoms with Gasteiger partial charge in [-0.1, -0.05) is 0 Å². The number of aromatic nitrogens is 2. The Balaban J connectivity index is 1.56. The molecule has 0 atom stereocenters. The summed E-state index contributed by atoms with van der Waals surface area (Å²) in [7, 11) is 0. The number of amides is 2. The number of hydrogen-bond donors (Lipinski definition) is 2. The summed E-state index contributed by atoms with van der Waals surface area (Å²) in [6, 6.07) is 7.25. The van der Waals surface area contributed by atoms with E-state index >= 15 is 0 Å². The highest BCUT2D eigenvalue weighted by Crippen LogP contribution is 2.24. The molecule has 0 radical (unpaired) electrons. The van der Waals surface area contributed by atoms with Crippen LogP contribution in [-0.2, 0) is 9.53 Å². The topological polar surface area (TPSA) is 117 Å². The molecule has 10 nitrogen and oxygen atoms in total. The largest absolute Gasteiger partial charge is 0.465 e. The first-order valence-corrected chi connectivity index (χ1v) is 11.0. The molecule has 1 fully saturated rings.